The highest BCUT2D eigenvalue weighted by Gasteiger charge is 2.18. The number of ether oxygens (including phenoxy) is 1. The highest BCUT2D eigenvalue weighted by Crippen LogP contribution is 2.32. The van der Waals surface area contributed by atoms with Crippen molar-refractivity contribution in [2.24, 2.45) is 11.8 Å². The number of esters is 1. The minimum absolute atomic E-state index is 0.343. The van der Waals surface area contributed by atoms with Crippen LogP contribution in [0, 0.1) is 17.7 Å². The molecule has 0 amide bonds. The lowest BCUT2D eigenvalue weighted by Crippen LogP contribution is -2.13. The van der Waals surface area contributed by atoms with Crippen LogP contribution in [-0.4, -0.2) is 5.97 Å². The van der Waals surface area contributed by atoms with Crippen molar-refractivity contribution in [3.8, 4) is 5.75 Å². The molecule has 3 rings (SSSR count). The van der Waals surface area contributed by atoms with Crippen LogP contribution in [0.5, 0.6) is 5.75 Å². The van der Waals surface area contributed by atoms with Crippen LogP contribution >= 0.6 is 0 Å². The highest BCUT2D eigenvalue weighted by molar-refractivity contribution is 5.91. The van der Waals surface area contributed by atoms with Crippen molar-refractivity contribution in [2.45, 2.75) is 71.1 Å². The number of carbonyl (C=O) groups excluding carboxylic acids is 1. The Morgan fingerprint density at radius 1 is 1.00 bits per heavy atom. The Kier molecular flexibility index (Phi) is 9.33. The van der Waals surface area contributed by atoms with Gasteiger partial charge < -0.3 is 4.74 Å². The molecule has 1 aliphatic carbocycles. The van der Waals surface area contributed by atoms with E-state index < -0.39 is 5.97 Å². The predicted octanol–water partition coefficient (Wildman–Crippen LogP) is 7.92. The molecular formula is C28H35FO2. The summed E-state index contributed by atoms with van der Waals surface area (Å²) in [6, 6.07) is 13.0. The van der Waals surface area contributed by atoms with Gasteiger partial charge in [0, 0.05) is 0 Å². The molecule has 2 nitrogen and oxygen atoms in total. The molecule has 0 unspecified atom stereocenters. The Labute approximate surface area is 186 Å². The average Bonchev–Trinajstić information content (AvgIpc) is 2.80. The molecule has 0 heterocycles. The van der Waals surface area contributed by atoms with Gasteiger partial charge in [0.1, 0.15) is 11.6 Å². The standard InChI is InChI=1S/C28H35FO2/c1-2-3-4-7-22-10-12-23(13-11-22)8-5-6-9-24-14-16-25(17-15-24)28(30)31-27-20-18-26(29)19-21-27/h5,8,14-23H,2-4,6-7,9-13H2,1H3. The highest BCUT2D eigenvalue weighted by atomic mass is 19.1. The van der Waals surface area contributed by atoms with Crippen LogP contribution in [0.25, 0.3) is 0 Å². The monoisotopic (exact) mass is 422 g/mol. The summed E-state index contributed by atoms with van der Waals surface area (Å²) in [7, 11) is 0. The number of aryl methyl sites for hydroxylation is 1. The van der Waals surface area contributed by atoms with Crippen LogP contribution in [0.3, 0.4) is 0 Å². The number of unbranched alkanes of at least 4 members (excludes halogenated alkanes) is 2. The third-order valence-corrected chi connectivity index (χ3v) is 6.33. The molecule has 0 N–H and O–H groups in total. The number of allylic oxidation sites excluding steroid dienone is 2. The molecule has 0 spiro atoms. The van der Waals surface area contributed by atoms with E-state index in [1.807, 2.05) is 12.1 Å². The van der Waals surface area contributed by atoms with Gasteiger partial charge in [0.2, 0.25) is 0 Å². The van der Waals surface area contributed by atoms with E-state index in [4.69, 9.17) is 4.74 Å². The maximum absolute atomic E-state index is 12.9. The van der Waals surface area contributed by atoms with Gasteiger partial charge in [-0.05, 0) is 92.3 Å². The third-order valence-electron chi connectivity index (χ3n) is 6.33. The zero-order chi connectivity index (χ0) is 21.9. The van der Waals surface area contributed by atoms with Gasteiger partial charge in [0.25, 0.3) is 0 Å². The minimum Gasteiger partial charge on any atom is -0.423 e. The molecule has 3 heteroatoms. The van der Waals surface area contributed by atoms with Gasteiger partial charge in [0.15, 0.2) is 0 Å². The van der Waals surface area contributed by atoms with Gasteiger partial charge in [-0.25, -0.2) is 9.18 Å². The Morgan fingerprint density at radius 2 is 1.71 bits per heavy atom. The van der Waals surface area contributed by atoms with E-state index in [1.165, 1.54) is 81.2 Å². The van der Waals surface area contributed by atoms with E-state index >= 15 is 0 Å². The van der Waals surface area contributed by atoms with Gasteiger partial charge >= 0.3 is 5.97 Å². The normalized spacial score (nSPS) is 18.9. The lowest BCUT2D eigenvalue weighted by Gasteiger charge is -2.26. The van der Waals surface area contributed by atoms with Gasteiger partial charge in [-0.2, -0.15) is 0 Å². The molecule has 1 saturated carbocycles. The van der Waals surface area contributed by atoms with Crippen LogP contribution in [0.15, 0.2) is 60.7 Å². The maximum atomic E-state index is 12.9. The first-order chi connectivity index (χ1) is 15.1. The quantitative estimate of drug-likeness (QED) is 0.168. The number of carbonyl (C=O) groups is 1. The second-order valence-electron chi connectivity index (χ2n) is 8.78. The SMILES string of the molecule is CCCCCC1CCC(C=CCCc2ccc(C(=O)Oc3ccc(F)cc3)cc2)CC1. The van der Waals surface area contributed by atoms with Crippen molar-refractivity contribution in [3.63, 3.8) is 0 Å². The van der Waals surface area contributed by atoms with E-state index in [-0.39, 0.29) is 5.82 Å². The summed E-state index contributed by atoms with van der Waals surface area (Å²) in [6.45, 7) is 2.28. The number of benzene rings is 2. The molecule has 1 fully saturated rings. The van der Waals surface area contributed by atoms with Crippen molar-refractivity contribution in [2.75, 3.05) is 0 Å². The fourth-order valence-electron chi connectivity index (χ4n) is 4.37. The Morgan fingerprint density at radius 3 is 2.39 bits per heavy atom. The summed E-state index contributed by atoms with van der Waals surface area (Å²) in [5.74, 6) is 1.28. The van der Waals surface area contributed by atoms with E-state index in [0.717, 1.165) is 24.7 Å². The summed E-state index contributed by atoms with van der Waals surface area (Å²) in [5, 5.41) is 0. The molecule has 0 radical (unpaired) electrons. The predicted molar refractivity (Wildman–Crippen MR) is 125 cm³/mol. The second-order valence-corrected chi connectivity index (χ2v) is 8.78. The molecule has 0 aliphatic heterocycles. The van der Waals surface area contributed by atoms with Gasteiger partial charge in [0.05, 0.1) is 5.56 Å². The topological polar surface area (TPSA) is 26.3 Å². The molecule has 1 aliphatic rings. The van der Waals surface area contributed by atoms with Crippen LogP contribution < -0.4 is 4.74 Å². The van der Waals surface area contributed by atoms with Crippen molar-refractivity contribution < 1.29 is 13.9 Å². The van der Waals surface area contributed by atoms with Crippen LogP contribution in [-0.2, 0) is 6.42 Å². The van der Waals surface area contributed by atoms with Crippen LogP contribution in [0.1, 0.15) is 80.6 Å². The molecular weight excluding hydrogens is 387 g/mol. The van der Waals surface area contributed by atoms with Crippen molar-refractivity contribution in [1.82, 2.24) is 0 Å². The Balaban J connectivity index is 1.36. The van der Waals surface area contributed by atoms with Gasteiger partial charge in [-0.1, -0.05) is 56.9 Å². The molecule has 0 atom stereocenters. The number of hydrogen-bond acceptors (Lipinski definition) is 2. The first-order valence-electron chi connectivity index (χ1n) is 11.9. The summed E-state index contributed by atoms with van der Waals surface area (Å²) in [6.07, 6.45) is 17.8. The summed E-state index contributed by atoms with van der Waals surface area (Å²) in [5.41, 5.74) is 1.71. The fourth-order valence-corrected chi connectivity index (χ4v) is 4.37. The van der Waals surface area contributed by atoms with Crippen molar-refractivity contribution >= 4 is 5.97 Å². The first-order valence-corrected chi connectivity index (χ1v) is 11.9. The van der Waals surface area contributed by atoms with Crippen molar-refractivity contribution in [1.29, 1.82) is 0 Å². The number of rotatable bonds is 10. The van der Waals surface area contributed by atoms with E-state index in [0.29, 0.717) is 11.3 Å². The van der Waals surface area contributed by atoms with Crippen LogP contribution in [0.2, 0.25) is 0 Å². The summed E-state index contributed by atoms with van der Waals surface area (Å²) in [4.78, 5) is 12.2. The molecule has 0 bridgehead atoms. The summed E-state index contributed by atoms with van der Waals surface area (Å²) >= 11 is 0. The van der Waals surface area contributed by atoms with Crippen molar-refractivity contribution in [3.05, 3.63) is 77.6 Å². The number of hydrogen-bond donors (Lipinski definition) is 0. The Hall–Kier alpha value is -2.42. The zero-order valence-electron chi connectivity index (χ0n) is 18.7. The summed E-state index contributed by atoms with van der Waals surface area (Å²) < 4.78 is 18.2. The largest absolute Gasteiger partial charge is 0.423 e. The molecule has 2 aromatic rings. The first kappa shape index (κ1) is 23.2. The lowest BCUT2D eigenvalue weighted by molar-refractivity contribution is 0.0734. The molecule has 166 valence electrons. The smallest absolute Gasteiger partial charge is 0.343 e. The maximum Gasteiger partial charge on any atom is 0.343 e. The molecule has 0 saturated heterocycles. The third kappa shape index (κ3) is 7.97. The van der Waals surface area contributed by atoms with Crippen LogP contribution in [0.4, 0.5) is 4.39 Å². The molecule has 2 aromatic carbocycles. The average molecular weight is 423 g/mol. The van der Waals surface area contributed by atoms with E-state index in [2.05, 4.69) is 19.1 Å². The van der Waals surface area contributed by atoms with Gasteiger partial charge in [-0.3, -0.25) is 0 Å². The van der Waals surface area contributed by atoms with E-state index in [9.17, 15) is 9.18 Å². The number of halogens is 1. The fraction of sp³-hybridized carbons (Fsp3) is 0.464. The molecule has 0 aromatic heterocycles. The second kappa shape index (κ2) is 12.4. The lowest BCUT2D eigenvalue weighted by atomic mass is 9.79. The Bertz CT molecular complexity index is 815. The van der Waals surface area contributed by atoms with Gasteiger partial charge in [-0.15, -0.1) is 0 Å². The zero-order valence-corrected chi connectivity index (χ0v) is 18.7. The van der Waals surface area contributed by atoms with E-state index in [1.54, 1.807) is 12.1 Å². The minimum atomic E-state index is -0.427. The molecule has 31 heavy (non-hydrogen) atoms.